The molecule has 2 rings (SSSR count). The van der Waals surface area contributed by atoms with Crippen molar-refractivity contribution in [1.82, 2.24) is 20.1 Å². The van der Waals surface area contributed by atoms with Gasteiger partial charge in [0.25, 0.3) is 0 Å². The number of rotatable bonds is 7. The minimum atomic E-state index is 0.441. The Kier molecular flexibility index (Phi) is 5.94. The lowest BCUT2D eigenvalue weighted by Crippen LogP contribution is -2.29. The normalized spacial score (nSPS) is 12.6. The number of nitrogens with zero attached hydrogens (tertiary/aromatic N) is 3. The van der Waals surface area contributed by atoms with E-state index >= 15 is 0 Å². The number of aryl methyl sites for hydroxylation is 3. The van der Waals surface area contributed by atoms with Gasteiger partial charge in [0.2, 0.25) is 0 Å². The van der Waals surface area contributed by atoms with Crippen LogP contribution in [0.1, 0.15) is 30.3 Å². The molecule has 0 saturated carbocycles. The lowest BCUT2D eigenvalue weighted by molar-refractivity contribution is 0.493. The molecule has 114 valence electrons. The maximum Gasteiger partial charge on any atom is 0.0738 e. The third kappa shape index (κ3) is 4.14. The molecule has 0 radical (unpaired) electrons. The summed E-state index contributed by atoms with van der Waals surface area (Å²) in [6.45, 7) is 5.08. The topological polar surface area (TPSA) is 42.7 Å². The maximum atomic E-state index is 4.57. The van der Waals surface area contributed by atoms with E-state index in [0.717, 1.165) is 36.0 Å². The van der Waals surface area contributed by atoms with Crippen molar-refractivity contribution in [2.24, 2.45) is 0 Å². The Bertz CT molecular complexity index is 565. The molecule has 1 atom stereocenters. The molecule has 0 aliphatic carbocycles. The van der Waals surface area contributed by atoms with Gasteiger partial charge in [-0.3, -0.25) is 9.67 Å². The predicted octanol–water partition coefficient (Wildman–Crippen LogP) is 3.13. The molecule has 21 heavy (non-hydrogen) atoms. The van der Waals surface area contributed by atoms with E-state index in [1.807, 2.05) is 26.4 Å². The molecular formula is C16H23BrN4. The Morgan fingerprint density at radius 1 is 1.33 bits per heavy atom. The molecule has 4 nitrogen and oxygen atoms in total. The molecule has 0 aliphatic rings. The lowest BCUT2D eigenvalue weighted by Gasteiger charge is -2.17. The SMILES string of the molecule is CCn1nc(C)c(Br)c1CC(CCc1ccncc1)NC. The van der Waals surface area contributed by atoms with Crippen molar-refractivity contribution in [3.05, 3.63) is 46.0 Å². The highest BCUT2D eigenvalue weighted by atomic mass is 79.9. The minimum Gasteiger partial charge on any atom is -0.317 e. The van der Waals surface area contributed by atoms with Crippen molar-refractivity contribution in [1.29, 1.82) is 0 Å². The number of hydrogen-bond acceptors (Lipinski definition) is 3. The second kappa shape index (κ2) is 7.71. The molecule has 0 saturated heterocycles. The number of aromatic nitrogens is 3. The predicted molar refractivity (Wildman–Crippen MR) is 89.4 cm³/mol. The van der Waals surface area contributed by atoms with Gasteiger partial charge in [0, 0.05) is 31.4 Å². The molecular weight excluding hydrogens is 328 g/mol. The largest absolute Gasteiger partial charge is 0.317 e. The summed E-state index contributed by atoms with van der Waals surface area (Å²) in [4.78, 5) is 4.06. The van der Waals surface area contributed by atoms with E-state index in [1.54, 1.807) is 0 Å². The average molecular weight is 351 g/mol. The Morgan fingerprint density at radius 3 is 2.67 bits per heavy atom. The fourth-order valence-electron chi connectivity index (χ4n) is 2.54. The average Bonchev–Trinajstić information content (AvgIpc) is 2.79. The summed E-state index contributed by atoms with van der Waals surface area (Å²) in [6, 6.07) is 4.61. The molecule has 1 unspecified atom stereocenters. The number of likely N-dealkylation sites (N-methyl/N-ethyl adjacent to an activating group) is 1. The number of nitrogens with one attached hydrogen (secondary N) is 1. The first-order valence-electron chi connectivity index (χ1n) is 7.43. The first-order valence-corrected chi connectivity index (χ1v) is 8.23. The third-order valence-electron chi connectivity index (χ3n) is 3.83. The van der Waals surface area contributed by atoms with Gasteiger partial charge >= 0.3 is 0 Å². The standard InChI is InChI=1S/C16H23BrN4/c1-4-21-15(16(17)12(2)20-21)11-14(18-3)6-5-13-7-9-19-10-8-13/h7-10,14,18H,4-6,11H2,1-3H3. The molecule has 2 aromatic heterocycles. The smallest absolute Gasteiger partial charge is 0.0738 e. The van der Waals surface area contributed by atoms with E-state index in [0.29, 0.717) is 6.04 Å². The maximum absolute atomic E-state index is 4.57. The van der Waals surface area contributed by atoms with Gasteiger partial charge in [-0.05, 0) is 67.4 Å². The first kappa shape index (κ1) is 16.2. The van der Waals surface area contributed by atoms with Crippen LogP contribution in [0.2, 0.25) is 0 Å². The third-order valence-corrected chi connectivity index (χ3v) is 4.86. The zero-order valence-corrected chi connectivity index (χ0v) is 14.5. The van der Waals surface area contributed by atoms with Gasteiger partial charge in [0.15, 0.2) is 0 Å². The second-order valence-corrected chi connectivity index (χ2v) is 6.04. The van der Waals surface area contributed by atoms with Crippen molar-refractivity contribution >= 4 is 15.9 Å². The van der Waals surface area contributed by atoms with Crippen LogP contribution in [0.4, 0.5) is 0 Å². The highest BCUT2D eigenvalue weighted by Crippen LogP contribution is 2.23. The van der Waals surface area contributed by atoms with Crippen molar-refractivity contribution in [2.45, 2.75) is 45.7 Å². The quantitative estimate of drug-likeness (QED) is 0.833. The summed E-state index contributed by atoms with van der Waals surface area (Å²) < 4.78 is 3.24. The van der Waals surface area contributed by atoms with E-state index in [-0.39, 0.29) is 0 Å². The fourth-order valence-corrected chi connectivity index (χ4v) is 2.98. The van der Waals surface area contributed by atoms with Crippen LogP contribution in [0.25, 0.3) is 0 Å². The Hall–Kier alpha value is -1.20. The lowest BCUT2D eigenvalue weighted by atomic mass is 10.0. The molecule has 0 aliphatic heterocycles. The van der Waals surface area contributed by atoms with Gasteiger partial charge in [-0.1, -0.05) is 0 Å². The van der Waals surface area contributed by atoms with Crippen LogP contribution in [0.3, 0.4) is 0 Å². The van der Waals surface area contributed by atoms with Crippen LogP contribution in [-0.2, 0) is 19.4 Å². The molecule has 0 amide bonds. The van der Waals surface area contributed by atoms with E-state index in [9.17, 15) is 0 Å². The van der Waals surface area contributed by atoms with Crippen LogP contribution >= 0.6 is 15.9 Å². The number of hydrogen-bond donors (Lipinski definition) is 1. The van der Waals surface area contributed by atoms with Gasteiger partial charge in [0.1, 0.15) is 0 Å². The highest BCUT2D eigenvalue weighted by molar-refractivity contribution is 9.10. The summed E-state index contributed by atoms with van der Waals surface area (Å²) in [7, 11) is 2.03. The van der Waals surface area contributed by atoms with Gasteiger partial charge in [-0.25, -0.2) is 0 Å². The summed E-state index contributed by atoms with van der Waals surface area (Å²) in [5, 5.41) is 8.00. The van der Waals surface area contributed by atoms with Crippen LogP contribution < -0.4 is 5.32 Å². The van der Waals surface area contributed by atoms with E-state index in [2.05, 4.69) is 55.1 Å². The molecule has 2 heterocycles. The molecule has 1 N–H and O–H groups in total. The molecule has 2 aromatic rings. The molecule has 0 aromatic carbocycles. The summed E-state index contributed by atoms with van der Waals surface area (Å²) >= 11 is 3.68. The Balaban J connectivity index is 2.02. The zero-order chi connectivity index (χ0) is 15.2. The van der Waals surface area contributed by atoms with Crippen LogP contribution in [0, 0.1) is 6.92 Å². The van der Waals surface area contributed by atoms with Gasteiger partial charge < -0.3 is 5.32 Å². The summed E-state index contributed by atoms with van der Waals surface area (Å²) in [5.74, 6) is 0. The summed E-state index contributed by atoms with van der Waals surface area (Å²) in [5.41, 5.74) is 3.68. The van der Waals surface area contributed by atoms with Crippen LogP contribution in [-0.4, -0.2) is 27.9 Å². The van der Waals surface area contributed by atoms with Gasteiger partial charge in [-0.15, -0.1) is 0 Å². The van der Waals surface area contributed by atoms with Crippen molar-refractivity contribution in [2.75, 3.05) is 7.05 Å². The van der Waals surface area contributed by atoms with E-state index in [4.69, 9.17) is 0 Å². The van der Waals surface area contributed by atoms with Crippen LogP contribution in [0.15, 0.2) is 29.0 Å². The van der Waals surface area contributed by atoms with Gasteiger partial charge in [0.05, 0.1) is 15.9 Å². The van der Waals surface area contributed by atoms with Crippen LogP contribution in [0.5, 0.6) is 0 Å². The Morgan fingerprint density at radius 2 is 2.05 bits per heavy atom. The Labute approximate surface area is 135 Å². The van der Waals surface area contributed by atoms with Crippen molar-refractivity contribution in [3.63, 3.8) is 0 Å². The number of halogens is 1. The molecule has 0 bridgehead atoms. The second-order valence-electron chi connectivity index (χ2n) is 5.25. The van der Waals surface area contributed by atoms with E-state index < -0.39 is 0 Å². The number of pyridine rings is 1. The summed E-state index contributed by atoms with van der Waals surface area (Å²) in [6.07, 6.45) is 6.86. The zero-order valence-electron chi connectivity index (χ0n) is 12.9. The van der Waals surface area contributed by atoms with E-state index in [1.165, 1.54) is 11.3 Å². The van der Waals surface area contributed by atoms with Crippen molar-refractivity contribution in [3.8, 4) is 0 Å². The highest BCUT2D eigenvalue weighted by Gasteiger charge is 2.16. The fraction of sp³-hybridized carbons (Fsp3) is 0.500. The molecule has 5 heteroatoms. The van der Waals surface area contributed by atoms with Gasteiger partial charge in [-0.2, -0.15) is 5.10 Å². The monoisotopic (exact) mass is 350 g/mol. The first-order chi connectivity index (χ1) is 10.2. The molecule has 0 fully saturated rings. The minimum absolute atomic E-state index is 0.441. The van der Waals surface area contributed by atoms with Crippen molar-refractivity contribution < 1.29 is 0 Å². The molecule has 0 spiro atoms.